The van der Waals surface area contributed by atoms with Crippen LogP contribution in [-0.2, 0) is 12.8 Å². The maximum absolute atomic E-state index is 5.46. The van der Waals surface area contributed by atoms with Crippen LogP contribution < -0.4 is 5.73 Å². The van der Waals surface area contributed by atoms with Crippen molar-refractivity contribution in [1.29, 1.82) is 0 Å². The van der Waals surface area contributed by atoms with Gasteiger partial charge in [-0.3, -0.25) is 0 Å². The van der Waals surface area contributed by atoms with E-state index in [1.807, 2.05) is 0 Å². The van der Waals surface area contributed by atoms with Gasteiger partial charge >= 0.3 is 0 Å². The van der Waals surface area contributed by atoms with Gasteiger partial charge in [0.15, 0.2) is 0 Å². The molecule has 0 amide bonds. The lowest BCUT2D eigenvalue weighted by atomic mass is 10.0. The fourth-order valence-corrected chi connectivity index (χ4v) is 1.62. The number of nitrogens with two attached hydrogens (primary N) is 1. The summed E-state index contributed by atoms with van der Waals surface area (Å²) in [7, 11) is 0. The van der Waals surface area contributed by atoms with Crippen LogP contribution in [0.3, 0.4) is 0 Å². The molecule has 1 nitrogen and oxygen atoms in total. The zero-order valence-electron chi connectivity index (χ0n) is 9.79. The van der Waals surface area contributed by atoms with Crippen LogP contribution in [0.5, 0.6) is 0 Å². The van der Waals surface area contributed by atoms with Crippen LogP contribution in [0.4, 0.5) is 0 Å². The average Bonchev–Trinajstić information content (AvgIpc) is 2.27. The molecule has 1 aromatic rings. The summed E-state index contributed by atoms with van der Waals surface area (Å²) in [6.07, 6.45) is 5.37. The fourth-order valence-electron chi connectivity index (χ4n) is 1.62. The fraction of sp³-hybridized carbons (Fsp3) is 0.429. The Morgan fingerprint density at radius 3 is 2.33 bits per heavy atom. The highest BCUT2D eigenvalue weighted by molar-refractivity contribution is 5.25. The van der Waals surface area contributed by atoms with Crippen molar-refractivity contribution in [3.05, 3.63) is 47.0 Å². The van der Waals surface area contributed by atoms with Gasteiger partial charge in [0.25, 0.3) is 0 Å². The minimum atomic E-state index is 0.742. The van der Waals surface area contributed by atoms with Crippen molar-refractivity contribution < 1.29 is 0 Å². The second kappa shape index (κ2) is 6.41. The van der Waals surface area contributed by atoms with Crippen molar-refractivity contribution >= 4 is 0 Å². The molecule has 2 N–H and O–H groups in total. The number of allylic oxidation sites excluding steroid dienone is 1. The molecule has 0 spiro atoms. The van der Waals surface area contributed by atoms with E-state index in [-0.39, 0.29) is 0 Å². The summed E-state index contributed by atoms with van der Waals surface area (Å²) in [5, 5.41) is 0. The monoisotopic (exact) mass is 203 g/mol. The van der Waals surface area contributed by atoms with Crippen LogP contribution in [-0.4, -0.2) is 6.54 Å². The number of hydrogen-bond donors (Lipinski definition) is 1. The first-order chi connectivity index (χ1) is 7.26. The van der Waals surface area contributed by atoms with Crippen molar-refractivity contribution in [1.82, 2.24) is 0 Å². The highest BCUT2D eigenvalue weighted by atomic mass is 14.5. The van der Waals surface area contributed by atoms with Gasteiger partial charge in [-0.25, -0.2) is 0 Å². The van der Waals surface area contributed by atoms with E-state index in [2.05, 4.69) is 44.2 Å². The van der Waals surface area contributed by atoms with Crippen LogP contribution in [0.1, 0.15) is 31.4 Å². The van der Waals surface area contributed by atoms with Gasteiger partial charge in [0, 0.05) is 0 Å². The summed E-state index contributed by atoms with van der Waals surface area (Å²) in [5.74, 6) is 0. The third-order valence-corrected chi connectivity index (χ3v) is 2.57. The van der Waals surface area contributed by atoms with Crippen LogP contribution >= 0.6 is 0 Å². The minimum Gasteiger partial charge on any atom is -0.330 e. The summed E-state index contributed by atoms with van der Waals surface area (Å²) in [6, 6.07) is 8.87. The maximum Gasteiger partial charge on any atom is -0.00425 e. The Bertz CT molecular complexity index is 309. The molecule has 1 rings (SSSR count). The van der Waals surface area contributed by atoms with Gasteiger partial charge in [-0.05, 0) is 43.9 Å². The van der Waals surface area contributed by atoms with Crippen LogP contribution in [0.2, 0.25) is 0 Å². The predicted molar refractivity (Wildman–Crippen MR) is 67.0 cm³/mol. The Balaban J connectivity index is 2.57. The SMILES string of the molecule is CCc1ccc(CC(C)=CCCN)cc1. The van der Waals surface area contributed by atoms with Crippen LogP contribution in [0, 0.1) is 0 Å². The Morgan fingerprint density at radius 1 is 1.20 bits per heavy atom. The van der Waals surface area contributed by atoms with Gasteiger partial charge in [0.2, 0.25) is 0 Å². The standard InChI is InChI=1S/C14H21N/c1-3-13-6-8-14(9-7-13)11-12(2)5-4-10-15/h5-9H,3-4,10-11,15H2,1-2H3. The van der Waals surface area contributed by atoms with E-state index in [9.17, 15) is 0 Å². The van der Waals surface area contributed by atoms with Gasteiger partial charge in [-0.1, -0.05) is 42.8 Å². The quantitative estimate of drug-likeness (QED) is 0.731. The number of hydrogen-bond acceptors (Lipinski definition) is 1. The predicted octanol–water partition coefficient (Wildman–Crippen LogP) is 3.09. The third-order valence-electron chi connectivity index (χ3n) is 2.57. The Labute approximate surface area is 93.0 Å². The van der Waals surface area contributed by atoms with E-state index in [4.69, 9.17) is 5.73 Å². The molecular weight excluding hydrogens is 182 g/mol. The summed E-state index contributed by atoms with van der Waals surface area (Å²) in [6.45, 7) is 5.09. The Kier molecular flexibility index (Phi) is 5.13. The Morgan fingerprint density at radius 2 is 1.80 bits per heavy atom. The molecule has 0 aromatic heterocycles. The summed E-state index contributed by atoms with van der Waals surface area (Å²) >= 11 is 0. The van der Waals surface area contributed by atoms with Crippen molar-refractivity contribution in [2.45, 2.75) is 33.1 Å². The zero-order chi connectivity index (χ0) is 11.1. The molecule has 0 atom stereocenters. The summed E-state index contributed by atoms with van der Waals surface area (Å²) < 4.78 is 0. The molecule has 0 bridgehead atoms. The molecule has 0 aliphatic carbocycles. The molecule has 0 fully saturated rings. The molecule has 0 saturated carbocycles. The molecule has 82 valence electrons. The highest BCUT2D eigenvalue weighted by Crippen LogP contribution is 2.10. The molecule has 15 heavy (non-hydrogen) atoms. The maximum atomic E-state index is 5.46. The third kappa shape index (κ3) is 4.30. The smallest absolute Gasteiger partial charge is 0.00425 e. The second-order valence-electron chi connectivity index (χ2n) is 3.97. The van der Waals surface area contributed by atoms with Gasteiger partial charge in [0.1, 0.15) is 0 Å². The van der Waals surface area contributed by atoms with E-state index in [1.165, 1.54) is 16.7 Å². The molecule has 0 saturated heterocycles. The molecule has 0 heterocycles. The summed E-state index contributed by atoms with van der Waals surface area (Å²) in [5.41, 5.74) is 9.66. The minimum absolute atomic E-state index is 0.742. The van der Waals surface area contributed by atoms with Crippen molar-refractivity contribution in [2.24, 2.45) is 5.73 Å². The van der Waals surface area contributed by atoms with Gasteiger partial charge < -0.3 is 5.73 Å². The summed E-state index contributed by atoms with van der Waals surface area (Å²) in [4.78, 5) is 0. The molecular formula is C14H21N. The number of aryl methyl sites for hydroxylation is 1. The lowest BCUT2D eigenvalue weighted by Gasteiger charge is -2.03. The topological polar surface area (TPSA) is 26.0 Å². The first-order valence-corrected chi connectivity index (χ1v) is 5.69. The zero-order valence-corrected chi connectivity index (χ0v) is 9.79. The lowest BCUT2D eigenvalue weighted by Crippen LogP contribution is -1.96. The van der Waals surface area contributed by atoms with Gasteiger partial charge in [-0.2, -0.15) is 0 Å². The van der Waals surface area contributed by atoms with E-state index < -0.39 is 0 Å². The highest BCUT2D eigenvalue weighted by Gasteiger charge is 1.95. The van der Waals surface area contributed by atoms with E-state index in [0.717, 1.165) is 25.8 Å². The number of rotatable bonds is 5. The first kappa shape index (κ1) is 12.0. The van der Waals surface area contributed by atoms with Crippen LogP contribution in [0.25, 0.3) is 0 Å². The van der Waals surface area contributed by atoms with E-state index >= 15 is 0 Å². The first-order valence-electron chi connectivity index (χ1n) is 5.69. The largest absolute Gasteiger partial charge is 0.330 e. The average molecular weight is 203 g/mol. The van der Waals surface area contributed by atoms with Crippen LogP contribution in [0.15, 0.2) is 35.9 Å². The normalized spacial score (nSPS) is 11.8. The second-order valence-corrected chi connectivity index (χ2v) is 3.97. The molecule has 1 aromatic carbocycles. The molecule has 0 unspecified atom stereocenters. The molecule has 0 aliphatic heterocycles. The molecule has 0 aliphatic rings. The number of benzene rings is 1. The Hall–Kier alpha value is -1.08. The van der Waals surface area contributed by atoms with Crippen molar-refractivity contribution in [3.63, 3.8) is 0 Å². The van der Waals surface area contributed by atoms with Crippen molar-refractivity contribution in [3.8, 4) is 0 Å². The van der Waals surface area contributed by atoms with Crippen molar-refractivity contribution in [2.75, 3.05) is 6.54 Å². The van der Waals surface area contributed by atoms with E-state index in [0.29, 0.717) is 0 Å². The van der Waals surface area contributed by atoms with Gasteiger partial charge in [0.05, 0.1) is 0 Å². The van der Waals surface area contributed by atoms with E-state index in [1.54, 1.807) is 0 Å². The lowest BCUT2D eigenvalue weighted by molar-refractivity contribution is 0.980. The molecule has 0 radical (unpaired) electrons. The molecule has 1 heteroatoms. The van der Waals surface area contributed by atoms with Gasteiger partial charge in [-0.15, -0.1) is 0 Å².